The highest BCUT2D eigenvalue weighted by atomic mass is 16.2. The number of nitrogens with one attached hydrogen (secondary N) is 3. The Morgan fingerprint density at radius 1 is 0.962 bits per heavy atom. The van der Waals surface area contributed by atoms with E-state index in [0.717, 1.165) is 19.3 Å². The molecule has 146 valence electrons. The number of carbonyl (C=O) groups excluding carboxylic acids is 3. The van der Waals surface area contributed by atoms with Gasteiger partial charge in [0.05, 0.1) is 6.54 Å². The maximum Gasteiger partial charge on any atom is 0.243 e. The molecule has 0 heterocycles. The van der Waals surface area contributed by atoms with Crippen LogP contribution in [-0.4, -0.2) is 36.9 Å². The minimum Gasteiger partial charge on any atom is -0.355 e. The zero-order valence-corrected chi connectivity index (χ0v) is 16.3. The lowest BCUT2D eigenvalue weighted by Gasteiger charge is -2.55. The van der Waals surface area contributed by atoms with Gasteiger partial charge >= 0.3 is 0 Å². The van der Waals surface area contributed by atoms with Crippen LogP contribution in [0.25, 0.3) is 0 Å². The number of hydrogen-bond donors (Lipinski definition) is 3. The largest absolute Gasteiger partial charge is 0.355 e. The van der Waals surface area contributed by atoms with E-state index in [9.17, 15) is 14.4 Å². The zero-order chi connectivity index (χ0) is 18.9. The van der Waals surface area contributed by atoms with Crippen molar-refractivity contribution in [2.24, 2.45) is 29.1 Å². The van der Waals surface area contributed by atoms with E-state index >= 15 is 0 Å². The Morgan fingerprint density at radius 3 is 1.96 bits per heavy atom. The van der Waals surface area contributed by atoms with E-state index in [1.807, 2.05) is 20.8 Å². The van der Waals surface area contributed by atoms with E-state index in [1.165, 1.54) is 19.3 Å². The van der Waals surface area contributed by atoms with Crippen molar-refractivity contribution in [3.05, 3.63) is 0 Å². The molecule has 6 nitrogen and oxygen atoms in total. The third-order valence-corrected chi connectivity index (χ3v) is 6.55. The van der Waals surface area contributed by atoms with Crippen molar-refractivity contribution in [2.75, 3.05) is 13.1 Å². The predicted molar refractivity (Wildman–Crippen MR) is 99.1 cm³/mol. The van der Waals surface area contributed by atoms with E-state index in [0.29, 0.717) is 24.3 Å². The number of hydrogen-bond acceptors (Lipinski definition) is 3. The summed E-state index contributed by atoms with van der Waals surface area (Å²) in [6.07, 6.45) is 6.80. The normalized spacial score (nSPS) is 33.0. The number of likely N-dealkylation sites (N-methyl/N-ethyl adjacent to an activating group) is 1. The summed E-state index contributed by atoms with van der Waals surface area (Å²) in [6, 6.07) is -0.593. The first kappa shape index (κ1) is 19.2. The third kappa shape index (κ3) is 3.89. The summed E-state index contributed by atoms with van der Waals surface area (Å²) in [7, 11) is 0. The summed E-state index contributed by atoms with van der Waals surface area (Å²) in [5.74, 6) is 1.62. The van der Waals surface area contributed by atoms with Gasteiger partial charge in [0.2, 0.25) is 17.7 Å². The standard InChI is InChI=1S/C20H33N3O3/c1-4-21-16(24)11-22-18(25)17(12(2)3)23-19(26)20-8-13-5-14(9-20)7-15(6-13)10-20/h12-15,17H,4-11H2,1-3H3,(H,21,24)(H,22,25)(H,23,26)/t13?,14?,15?,17-,20?/m1/s1. The topological polar surface area (TPSA) is 87.3 Å². The van der Waals surface area contributed by atoms with Gasteiger partial charge in [-0.2, -0.15) is 0 Å². The molecule has 3 N–H and O–H groups in total. The maximum atomic E-state index is 13.2. The lowest BCUT2D eigenvalue weighted by Crippen LogP contribution is -2.58. The van der Waals surface area contributed by atoms with Crippen molar-refractivity contribution in [3.63, 3.8) is 0 Å². The highest BCUT2D eigenvalue weighted by Gasteiger charge is 2.55. The molecule has 4 rings (SSSR count). The fraction of sp³-hybridized carbons (Fsp3) is 0.850. The highest BCUT2D eigenvalue weighted by Crippen LogP contribution is 2.60. The third-order valence-electron chi connectivity index (χ3n) is 6.55. The van der Waals surface area contributed by atoms with Gasteiger partial charge in [0.15, 0.2) is 0 Å². The first-order valence-electron chi connectivity index (χ1n) is 10.2. The number of rotatable bonds is 7. The fourth-order valence-corrected chi connectivity index (χ4v) is 5.76. The SMILES string of the molecule is CCNC(=O)CNC(=O)[C@H](NC(=O)C12CC3CC(CC(C3)C1)C2)C(C)C. The van der Waals surface area contributed by atoms with Crippen LogP contribution < -0.4 is 16.0 Å². The molecule has 4 saturated carbocycles. The monoisotopic (exact) mass is 363 g/mol. The molecule has 0 aromatic carbocycles. The van der Waals surface area contributed by atoms with E-state index in [-0.39, 0.29) is 35.6 Å². The molecule has 0 saturated heterocycles. The van der Waals surface area contributed by atoms with Crippen molar-refractivity contribution in [2.45, 2.75) is 65.3 Å². The summed E-state index contributed by atoms with van der Waals surface area (Å²) < 4.78 is 0. The summed E-state index contributed by atoms with van der Waals surface area (Å²) in [4.78, 5) is 37.3. The summed E-state index contributed by atoms with van der Waals surface area (Å²) in [6.45, 7) is 6.17. The molecule has 1 atom stereocenters. The Bertz CT molecular complexity index is 537. The molecule has 0 radical (unpaired) electrons. The molecule has 4 aliphatic carbocycles. The van der Waals surface area contributed by atoms with Crippen LogP contribution in [0.4, 0.5) is 0 Å². The first-order chi connectivity index (χ1) is 12.3. The Kier molecular flexibility index (Phi) is 5.58. The van der Waals surface area contributed by atoms with Gasteiger partial charge in [-0.25, -0.2) is 0 Å². The second kappa shape index (κ2) is 7.57. The van der Waals surface area contributed by atoms with Gasteiger partial charge in [-0.1, -0.05) is 13.8 Å². The zero-order valence-electron chi connectivity index (χ0n) is 16.3. The second-order valence-electron chi connectivity index (χ2n) is 9.06. The molecule has 0 aromatic heterocycles. The molecule has 3 amide bonds. The lowest BCUT2D eigenvalue weighted by atomic mass is 9.49. The number of carbonyl (C=O) groups is 3. The van der Waals surface area contributed by atoms with Crippen molar-refractivity contribution in [1.29, 1.82) is 0 Å². The smallest absolute Gasteiger partial charge is 0.243 e. The van der Waals surface area contributed by atoms with Crippen molar-refractivity contribution in [3.8, 4) is 0 Å². The van der Waals surface area contributed by atoms with E-state index in [4.69, 9.17) is 0 Å². The average molecular weight is 364 g/mol. The summed E-state index contributed by atoms with van der Waals surface area (Å²) >= 11 is 0. The predicted octanol–water partition coefficient (Wildman–Crippen LogP) is 1.60. The first-order valence-corrected chi connectivity index (χ1v) is 10.2. The molecule has 0 unspecified atom stereocenters. The second-order valence-corrected chi connectivity index (χ2v) is 9.06. The molecule has 4 fully saturated rings. The molecule has 4 bridgehead atoms. The van der Waals surface area contributed by atoms with Crippen LogP contribution in [0.3, 0.4) is 0 Å². The Morgan fingerprint density at radius 2 is 1.50 bits per heavy atom. The minimum absolute atomic E-state index is 0.0258. The van der Waals surface area contributed by atoms with Crippen molar-refractivity contribution >= 4 is 17.7 Å². The fourth-order valence-electron chi connectivity index (χ4n) is 5.76. The minimum atomic E-state index is -0.593. The molecular formula is C20H33N3O3. The van der Waals surface area contributed by atoms with Gasteiger partial charge in [-0.15, -0.1) is 0 Å². The van der Waals surface area contributed by atoms with Crippen LogP contribution in [0.2, 0.25) is 0 Å². The van der Waals surface area contributed by atoms with Gasteiger partial charge in [0, 0.05) is 12.0 Å². The Labute approximate surface area is 156 Å². The van der Waals surface area contributed by atoms with Crippen molar-refractivity contribution in [1.82, 2.24) is 16.0 Å². The van der Waals surface area contributed by atoms with Gasteiger partial charge in [0.1, 0.15) is 6.04 Å². The highest BCUT2D eigenvalue weighted by molar-refractivity contribution is 5.92. The van der Waals surface area contributed by atoms with Crippen molar-refractivity contribution < 1.29 is 14.4 Å². The van der Waals surface area contributed by atoms with E-state index in [2.05, 4.69) is 16.0 Å². The summed E-state index contributed by atoms with van der Waals surface area (Å²) in [5.41, 5.74) is -0.262. The lowest BCUT2D eigenvalue weighted by molar-refractivity contribution is -0.149. The molecular weight excluding hydrogens is 330 g/mol. The Hall–Kier alpha value is -1.59. The maximum absolute atomic E-state index is 13.2. The van der Waals surface area contributed by atoms with Crippen LogP contribution in [0.5, 0.6) is 0 Å². The molecule has 0 spiro atoms. The molecule has 4 aliphatic rings. The molecule has 0 aliphatic heterocycles. The van der Waals surface area contributed by atoms with Crippen LogP contribution >= 0.6 is 0 Å². The van der Waals surface area contributed by atoms with Gasteiger partial charge in [-0.05, 0) is 69.1 Å². The number of amides is 3. The summed E-state index contributed by atoms with van der Waals surface area (Å²) in [5, 5.41) is 8.37. The van der Waals surface area contributed by atoms with E-state index in [1.54, 1.807) is 0 Å². The molecule has 0 aromatic rings. The van der Waals surface area contributed by atoms with E-state index < -0.39 is 6.04 Å². The van der Waals surface area contributed by atoms with Gasteiger partial charge in [0.25, 0.3) is 0 Å². The molecule has 26 heavy (non-hydrogen) atoms. The van der Waals surface area contributed by atoms with Crippen LogP contribution in [0, 0.1) is 29.1 Å². The Balaban J connectivity index is 1.62. The van der Waals surface area contributed by atoms with Crippen LogP contribution in [0.1, 0.15) is 59.3 Å². The van der Waals surface area contributed by atoms with Gasteiger partial charge < -0.3 is 16.0 Å². The average Bonchev–Trinajstić information content (AvgIpc) is 2.56. The van der Waals surface area contributed by atoms with Gasteiger partial charge in [-0.3, -0.25) is 14.4 Å². The molecule has 6 heteroatoms. The van der Waals surface area contributed by atoms with Crippen LogP contribution in [-0.2, 0) is 14.4 Å². The quantitative estimate of drug-likeness (QED) is 0.642. The van der Waals surface area contributed by atoms with Crippen LogP contribution in [0.15, 0.2) is 0 Å².